The third-order valence-corrected chi connectivity index (χ3v) is 2.62. The van der Waals surface area contributed by atoms with Crippen molar-refractivity contribution in [3.8, 4) is 0 Å². The maximum Gasteiger partial charge on any atom is 0.242 e. The third kappa shape index (κ3) is 10.9. The van der Waals surface area contributed by atoms with Crippen molar-refractivity contribution >= 4 is 17.8 Å². The lowest BCUT2D eigenvalue weighted by Gasteiger charge is -2.20. The summed E-state index contributed by atoms with van der Waals surface area (Å²) in [6, 6.07) is 0. The number of guanidine groups is 1. The summed E-state index contributed by atoms with van der Waals surface area (Å²) < 4.78 is 0. The Labute approximate surface area is 133 Å². The van der Waals surface area contributed by atoms with Gasteiger partial charge in [0.25, 0.3) is 0 Å². The Morgan fingerprint density at radius 2 is 1.77 bits per heavy atom. The molecule has 0 aliphatic rings. The summed E-state index contributed by atoms with van der Waals surface area (Å²) in [5, 5.41) is 8.92. The van der Waals surface area contributed by atoms with Crippen LogP contribution in [0, 0.1) is 0 Å². The first kappa shape index (κ1) is 20.2. The lowest BCUT2D eigenvalue weighted by Crippen LogP contribution is -2.45. The van der Waals surface area contributed by atoms with E-state index in [1.807, 2.05) is 20.8 Å². The van der Waals surface area contributed by atoms with Crippen LogP contribution in [0.2, 0.25) is 0 Å². The standard InChI is InChI=1S/C15H31N5O2/c1-7-8-9-16-14(18-11-13(22)20(5)6)17-10-12(21)19-15(2,3)4/h7-11H2,1-6H3,(H,19,21)(H2,16,17,18). The normalized spacial score (nSPS) is 11.8. The number of nitrogens with zero attached hydrogens (tertiary/aromatic N) is 2. The van der Waals surface area contributed by atoms with Crippen molar-refractivity contribution in [1.82, 2.24) is 20.9 Å². The first-order valence-corrected chi connectivity index (χ1v) is 7.69. The fourth-order valence-corrected chi connectivity index (χ4v) is 1.48. The zero-order chi connectivity index (χ0) is 17.2. The Balaban J connectivity index is 4.52. The van der Waals surface area contributed by atoms with E-state index in [4.69, 9.17) is 0 Å². The van der Waals surface area contributed by atoms with Gasteiger partial charge in [-0.05, 0) is 27.2 Å². The van der Waals surface area contributed by atoms with Gasteiger partial charge in [-0.15, -0.1) is 0 Å². The maximum atomic E-state index is 11.8. The molecule has 0 heterocycles. The van der Waals surface area contributed by atoms with Crippen LogP contribution in [0.15, 0.2) is 4.99 Å². The molecule has 0 aliphatic carbocycles. The molecule has 22 heavy (non-hydrogen) atoms. The Bertz CT molecular complexity index is 386. The van der Waals surface area contributed by atoms with E-state index in [0.717, 1.165) is 19.4 Å². The lowest BCUT2D eigenvalue weighted by molar-refractivity contribution is -0.127. The van der Waals surface area contributed by atoms with E-state index < -0.39 is 0 Å². The van der Waals surface area contributed by atoms with Gasteiger partial charge in [0.1, 0.15) is 6.54 Å². The molecule has 0 atom stereocenters. The number of likely N-dealkylation sites (N-methyl/N-ethyl adjacent to an activating group) is 1. The Morgan fingerprint density at radius 1 is 1.14 bits per heavy atom. The molecule has 0 aliphatic heterocycles. The summed E-state index contributed by atoms with van der Waals surface area (Å²) in [6.45, 7) is 8.77. The van der Waals surface area contributed by atoms with Crippen molar-refractivity contribution in [2.45, 2.75) is 46.1 Å². The van der Waals surface area contributed by atoms with Gasteiger partial charge in [-0.1, -0.05) is 13.3 Å². The number of amides is 2. The molecule has 0 fully saturated rings. The molecule has 0 aromatic heterocycles. The van der Waals surface area contributed by atoms with Crippen LogP contribution in [0.3, 0.4) is 0 Å². The zero-order valence-corrected chi connectivity index (χ0v) is 14.7. The van der Waals surface area contributed by atoms with E-state index >= 15 is 0 Å². The molecule has 7 heteroatoms. The lowest BCUT2D eigenvalue weighted by atomic mass is 10.1. The largest absolute Gasteiger partial charge is 0.356 e. The van der Waals surface area contributed by atoms with Crippen molar-refractivity contribution in [2.24, 2.45) is 4.99 Å². The molecule has 0 radical (unpaired) electrons. The molecule has 0 aromatic rings. The van der Waals surface area contributed by atoms with Gasteiger partial charge in [0.05, 0.1) is 6.54 Å². The van der Waals surface area contributed by atoms with Gasteiger partial charge < -0.3 is 20.9 Å². The Morgan fingerprint density at radius 3 is 2.27 bits per heavy atom. The van der Waals surface area contributed by atoms with Crippen molar-refractivity contribution in [3.05, 3.63) is 0 Å². The Kier molecular flexibility index (Phi) is 9.21. The molecular weight excluding hydrogens is 282 g/mol. The summed E-state index contributed by atoms with van der Waals surface area (Å²) >= 11 is 0. The highest BCUT2D eigenvalue weighted by Gasteiger charge is 2.13. The Hall–Kier alpha value is -1.79. The second-order valence-corrected chi connectivity index (χ2v) is 6.39. The van der Waals surface area contributed by atoms with E-state index in [1.165, 1.54) is 4.90 Å². The van der Waals surface area contributed by atoms with Crippen molar-refractivity contribution < 1.29 is 9.59 Å². The second-order valence-electron chi connectivity index (χ2n) is 6.39. The van der Waals surface area contributed by atoms with Crippen LogP contribution in [0.25, 0.3) is 0 Å². The molecule has 2 amide bonds. The molecule has 0 saturated carbocycles. The number of hydrogen-bond acceptors (Lipinski definition) is 3. The van der Waals surface area contributed by atoms with Gasteiger partial charge in [0, 0.05) is 26.2 Å². The molecule has 0 rings (SSSR count). The van der Waals surface area contributed by atoms with E-state index in [0.29, 0.717) is 5.96 Å². The molecule has 7 nitrogen and oxygen atoms in total. The SMILES string of the molecule is CCCCNC(=NCC(=O)NC(C)(C)C)NCC(=O)N(C)C. The second kappa shape index (κ2) is 10.0. The van der Waals surface area contributed by atoms with E-state index in [2.05, 4.69) is 27.9 Å². The van der Waals surface area contributed by atoms with E-state index in [-0.39, 0.29) is 30.4 Å². The minimum absolute atomic E-state index is 0.0227. The first-order chi connectivity index (χ1) is 10.2. The van der Waals surface area contributed by atoms with E-state index in [9.17, 15) is 9.59 Å². The third-order valence-electron chi connectivity index (χ3n) is 2.62. The molecule has 128 valence electrons. The highest BCUT2D eigenvalue weighted by Crippen LogP contribution is 1.97. The summed E-state index contributed by atoms with van der Waals surface area (Å²) in [7, 11) is 3.39. The number of nitrogens with one attached hydrogen (secondary N) is 3. The molecule has 3 N–H and O–H groups in total. The number of hydrogen-bond donors (Lipinski definition) is 3. The fourth-order valence-electron chi connectivity index (χ4n) is 1.48. The van der Waals surface area contributed by atoms with Crippen LogP contribution in [0.5, 0.6) is 0 Å². The van der Waals surface area contributed by atoms with Crippen molar-refractivity contribution in [1.29, 1.82) is 0 Å². The maximum absolute atomic E-state index is 11.8. The minimum Gasteiger partial charge on any atom is -0.356 e. The van der Waals surface area contributed by atoms with Gasteiger partial charge in [-0.25, -0.2) is 4.99 Å². The average Bonchev–Trinajstić information content (AvgIpc) is 2.38. The zero-order valence-electron chi connectivity index (χ0n) is 14.7. The van der Waals surface area contributed by atoms with Gasteiger partial charge in [0.15, 0.2) is 5.96 Å². The average molecular weight is 313 g/mol. The van der Waals surface area contributed by atoms with Crippen molar-refractivity contribution in [3.63, 3.8) is 0 Å². The van der Waals surface area contributed by atoms with Gasteiger partial charge >= 0.3 is 0 Å². The fraction of sp³-hybridized carbons (Fsp3) is 0.800. The van der Waals surface area contributed by atoms with Crippen LogP contribution in [0.4, 0.5) is 0 Å². The molecule has 0 unspecified atom stereocenters. The number of carbonyl (C=O) groups is 2. The van der Waals surface area contributed by atoms with Crippen LogP contribution >= 0.6 is 0 Å². The molecule has 0 saturated heterocycles. The predicted octanol–water partition coefficient (Wildman–Crippen LogP) is 0.325. The predicted molar refractivity (Wildman–Crippen MR) is 89.8 cm³/mol. The smallest absolute Gasteiger partial charge is 0.242 e. The van der Waals surface area contributed by atoms with Gasteiger partial charge in [-0.2, -0.15) is 0 Å². The molecular formula is C15H31N5O2. The summed E-state index contributed by atoms with van der Waals surface area (Å²) in [4.78, 5) is 29.1. The summed E-state index contributed by atoms with van der Waals surface area (Å²) in [6.07, 6.45) is 2.05. The highest BCUT2D eigenvalue weighted by molar-refractivity contribution is 5.88. The summed E-state index contributed by atoms with van der Waals surface area (Å²) in [5.41, 5.74) is -0.281. The molecule has 0 aromatic carbocycles. The van der Waals surface area contributed by atoms with Gasteiger partial charge in [-0.3, -0.25) is 9.59 Å². The highest BCUT2D eigenvalue weighted by atomic mass is 16.2. The van der Waals surface area contributed by atoms with Crippen molar-refractivity contribution in [2.75, 3.05) is 33.7 Å². The summed E-state index contributed by atoms with van der Waals surface area (Å²) in [5.74, 6) is 0.278. The minimum atomic E-state index is -0.281. The topological polar surface area (TPSA) is 85.8 Å². The molecule has 0 spiro atoms. The van der Waals surface area contributed by atoms with Crippen LogP contribution in [0.1, 0.15) is 40.5 Å². The van der Waals surface area contributed by atoms with Crippen LogP contribution in [-0.2, 0) is 9.59 Å². The first-order valence-electron chi connectivity index (χ1n) is 7.69. The quantitative estimate of drug-likeness (QED) is 0.359. The number of carbonyl (C=O) groups excluding carboxylic acids is 2. The van der Waals surface area contributed by atoms with E-state index in [1.54, 1.807) is 14.1 Å². The number of unbranched alkanes of at least 4 members (excludes halogenated alkanes) is 1. The number of aliphatic imine (C=N–C) groups is 1. The molecule has 0 bridgehead atoms. The monoisotopic (exact) mass is 313 g/mol. The van der Waals surface area contributed by atoms with Crippen LogP contribution < -0.4 is 16.0 Å². The van der Waals surface area contributed by atoms with Gasteiger partial charge in [0.2, 0.25) is 11.8 Å². The number of rotatable bonds is 7. The van der Waals surface area contributed by atoms with Crippen LogP contribution in [-0.4, -0.2) is 61.9 Å².